The Balaban J connectivity index is 1.84. The molecule has 0 amide bonds. The Kier molecular flexibility index (Phi) is 9.43. The van der Waals surface area contributed by atoms with E-state index in [-0.39, 0.29) is 6.04 Å². The zero-order valence-corrected chi connectivity index (χ0v) is 20.9. The highest BCUT2D eigenvalue weighted by molar-refractivity contribution is 5.74. The van der Waals surface area contributed by atoms with E-state index in [1.807, 2.05) is 13.8 Å². The van der Waals surface area contributed by atoms with E-state index in [4.69, 9.17) is 28.9 Å². The summed E-state index contributed by atoms with van der Waals surface area (Å²) in [5.74, 6) is 1.60. The summed E-state index contributed by atoms with van der Waals surface area (Å²) in [6.45, 7) is 14.2. The topological polar surface area (TPSA) is 78.0 Å². The minimum Gasteiger partial charge on any atom is -0.492 e. The molecule has 3 rings (SSSR count). The highest BCUT2D eigenvalue weighted by Gasteiger charge is 2.19. The van der Waals surface area contributed by atoms with Gasteiger partial charge in [0.15, 0.2) is 0 Å². The zero-order valence-electron chi connectivity index (χ0n) is 20.9. The molecule has 1 aliphatic heterocycles. The van der Waals surface area contributed by atoms with Crippen LogP contribution in [-0.4, -0.2) is 87.8 Å². The van der Waals surface area contributed by atoms with Crippen molar-refractivity contribution in [2.24, 2.45) is 0 Å². The van der Waals surface area contributed by atoms with E-state index in [1.54, 1.807) is 14.2 Å². The van der Waals surface area contributed by atoms with Gasteiger partial charge in [-0.15, -0.1) is 0 Å². The summed E-state index contributed by atoms with van der Waals surface area (Å²) >= 11 is 0. The van der Waals surface area contributed by atoms with Crippen molar-refractivity contribution in [1.29, 1.82) is 0 Å². The van der Waals surface area contributed by atoms with Crippen LogP contribution >= 0.6 is 0 Å². The molecule has 0 atom stereocenters. The normalized spacial score (nSPS) is 14.6. The van der Waals surface area contributed by atoms with Gasteiger partial charge < -0.3 is 24.3 Å². The molecule has 1 fully saturated rings. The van der Waals surface area contributed by atoms with Crippen molar-refractivity contribution in [3.63, 3.8) is 0 Å². The maximum Gasteiger partial charge on any atom is 0.148 e. The van der Waals surface area contributed by atoms with E-state index in [1.165, 1.54) is 5.56 Å². The molecule has 1 aromatic heterocycles. The van der Waals surface area contributed by atoms with Crippen LogP contribution in [0.15, 0.2) is 12.1 Å². The Labute approximate surface area is 197 Å². The van der Waals surface area contributed by atoms with Crippen molar-refractivity contribution >= 4 is 5.82 Å². The van der Waals surface area contributed by atoms with Gasteiger partial charge in [-0.2, -0.15) is 0 Å². The number of ether oxygens (including phenoxy) is 4. The Morgan fingerprint density at radius 2 is 1.70 bits per heavy atom. The second-order valence-corrected chi connectivity index (χ2v) is 8.60. The number of methoxy groups -OCH3 is 2. The molecule has 0 unspecified atom stereocenters. The van der Waals surface area contributed by atoms with Crippen LogP contribution < -0.4 is 10.1 Å². The monoisotopic (exact) mass is 458 g/mol. The molecular weight excluding hydrogens is 420 g/mol. The number of aromatic nitrogens is 2. The molecule has 0 saturated carbocycles. The number of nitrogens with zero attached hydrogens (tertiary/aromatic N) is 3. The number of hydrogen-bond acceptors (Lipinski definition) is 8. The Bertz CT molecular complexity index is 910. The number of anilines is 1. The van der Waals surface area contributed by atoms with Gasteiger partial charge in [0.2, 0.25) is 0 Å². The summed E-state index contributed by atoms with van der Waals surface area (Å²) in [6, 6.07) is 4.26. The molecule has 2 heterocycles. The number of aryl methyl sites for hydroxylation is 4. The third kappa shape index (κ3) is 6.86. The molecule has 8 heteroatoms. The van der Waals surface area contributed by atoms with Gasteiger partial charge in [-0.25, -0.2) is 9.97 Å². The average Bonchev–Trinajstić information content (AvgIpc) is 2.77. The van der Waals surface area contributed by atoms with Crippen LogP contribution in [0.3, 0.4) is 0 Å². The Morgan fingerprint density at radius 1 is 1.00 bits per heavy atom. The summed E-state index contributed by atoms with van der Waals surface area (Å²) in [6.07, 6.45) is 0. The van der Waals surface area contributed by atoms with E-state index >= 15 is 0 Å². The number of hydrogen-bond donors (Lipinski definition) is 1. The fraction of sp³-hybridized carbons (Fsp3) is 0.600. The van der Waals surface area contributed by atoms with Gasteiger partial charge in [0.1, 0.15) is 18.2 Å². The van der Waals surface area contributed by atoms with Gasteiger partial charge in [0.25, 0.3) is 0 Å². The van der Waals surface area contributed by atoms with E-state index < -0.39 is 0 Å². The predicted molar refractivity (Wildman–Crippen MR) is 130 cm³/mol. The molecule has 182 valence electrons. The molecule has 33 heavy (non-hydrogen) atoms. The molecule has 0 aliphatic carbocycles. The summed E-state index contributed by atoms with van der Waals surface area (Å²) in [5, 5.41) is 3.41. The number of rotatable bonds is 11. The van der Waals surface area contributed by atoms with Crippen LogP contribution in [-0.2, 0) is 14.2 Å². The van der Waals surface area contributed by atoms with Gasteiger partial charge in [-0.05, 0) is 44.9 Å². The second-order valence-electron chi connectivity index (χ2n) is 8.60. The molecule has 1 aliphatic rings. The first kappa shape index (κ1) is 25.4. The molecule has 1 aromatic carbocycles. The molecular formula is C25H38N4O4. The number of morpholine rings is 1. The fourth-order valence-corrected chi connectivity index (χ4v) is 4.16. The SMILES string of the molecule is COCC(COC)Nc1nc(C)c(-c2c(C)cc(C)cc2OCCN2CCOCC2)nc1C. The summed E-state index contributed by atoms with van der Waals surface area (Å²) < 4.78 is 22.3. The standard InChI is InChI=1S/C25H38N4O4/c1-17-13-18(2)23(22(14-17)33-12-9-29-7-10-32-11-8-29)24-19(3)27-25(20(4)26-24)28-21(15-30-5)16-31-6/h13-14,21H,7-12,15-16H2,1-6H3,(H,27,28). The first-order chi connectivity index (χ1) is 15.9. The lowest BCUT2D eigenvalue weighted by atomic mass is 10.00. The van der Waals surface area contributed by atoms with Crippen LogP contribution in [0.25, 0.3) is 11.3 Å². The van der Waals surface area contributed by atoms with Crippen molar-refractivity contribution in [2.75, 3.05) is 72.2 Å². The summed E-state index contributed by atoms with van der Waals surface area (Å²) in [5.41, 5.74) is 5.83. The molecule has 0 bridgehead atoms. The maximum atomic E-state index is 6.31. The molecule has 1 saturated heterocycles. The summed E-state index contributed by atoms with van der Waals surface area (Å²) in [7, 11) is 3.36. The lowest BCUT2D eigenvalue weighted by molar-refractivity contribution is 0.0323. The quantitative estimate of drug-likeness (QED) is 0.550. The Morgan fingerprint density at radius 3 is 2.36 bits per heavy atom. The van der Waals surface area contributed by atoms with E-state index in [2.05, 4.69) is 36.2 Å². The number of benzene rings is 1. The highest BCUT2D eigenvalue weighted by Crippen LogP contribution is 2.35. The molecule has 2 aromatic rings. The first-order valence-electron chi connectivity index (χ1n) is 11.6. The van der Waals surface area contributed by atoms with Crippen molar-refractivity contribution in [3.8, 4) is 17.0 Å². The summed E-state index contributed by atoms with van der Waals surface area (Å²) in [4.78, 5) is 12.2. The smallest absolute Gasteiger partial charge is 0.148 e. The zero-order chi connectivity index (χ0) is 23.8. The van der Waals surface area contributed by atoms with E-state index in [9.17, 15) is 0 Å². The highest BCUT2D eigenvalue weighted by atomic mass is 16.5. The van der Waals surface area contributed by atoms with Crippen LogP contribution in [0.1, 0.15) is 22.5 Å². The van der Waals surface area contributed by atoms with Crippen molar-refractivity contribution in [3.05, 3.63) is 34.6 Å². The van der Waals surface area contributed by atoms with Crippen LogP contribution in [0.4, 0.5) is 5.82 Å². The maximum absolute atomic E-state index is 6.31. The molecule has 0 spiro atoms. The molecule has 1 N–H and O–H groups in total. The molecule has 8 nitrogen and oxygen atoms in total. The van der Waals surface area contributed by atoms with Crippen LogP contribution in [0, 0.1) is 27.7 Å². The Hall–Kier alpha value is -2.26. The van der Waals surface area contributed by atoms with Crippen molar-refractivity contribution in [1.82, 2.24) is 14.9 Å². The number of nitrogens with one attached hydrogen (secondary N) is 1. The van der Waals surface area contributed by atoms with Crippen molar-refractivity contribution in [2.45, 2.75) is 33.7 Å². The average molecular weight is 459 g/mol. The predicted octanol–water partition coefficient (Wildman–Crippen LogP) is 3.16. The second kappa shape index (κ2) is 12.3. The largest absolute Gasteiger partial charge is 0.492 e. The van der Waals surface area contributed by atoms with Gasteiger partial charge >= 0.3 is 0 Å². The van der Waals surface area contributed by atoms with Crippen molar-refractivity contribution < 1.29 is 18.9 Å². The van der Waals surface area contributed by atoms with E-state index in [0.29, 0.717) is 19.8 Å². The van der Waals surface area contributed by atoms with Gasteiger partial charge in [-0.1, -0.05) is 6.07 Å². The van der Waals surface area contributed by atoms with Gasteiger partial charge in [-0.3, -0.25) is 4.90 Å². The van der Waals surface area contributed by atoms with Crippen LogP contribution in [0.5, 0.6) is 5.75 Å². The van der Waals surface area contributed by atoms with E-state index in [0.717, 1.165) is 72.6 Å². The molecule has 0 radical (unpaired) electrons. The first-order valence-corrected chi connectivity index (χ1v) is 11.6. The van der Waals surface area contributed by atoms with Gasteiger partial charge in [0, 0.05) is 39.4 Å². The minimum atomic E-state index is -0.00144. The lowest BCUT2D eigenvalue weighted by Gasteiger charge is -2.26. The fourth-order valence-electron chi connectivity index (χ4n) is 4.16. The van der Waals surface area contributed by atoms with Crippen LogP contribution in [0.2, 0.25) is 0 Å². The third-order valence-electron chi connectivity index (χ3n) is 5.77. The van der Waals surface area contributed by atoms with Gasteiger partial charge in [0.05, 0.1) is 49.6 Å². The lowest BCUT2D eigenvalue weighted by Crippen LogP contribution is -2.38. The minimum absolute atomic E-state index is 0.00144. The third-order valence-corrected chi connectivity index (χ3v) is 5.77.